The lowest BCUT2D eigenvalue weighted by molar-refractivity contribution is -0.127. The van der Waals surface area contributed by atoms with Gasteiger partial charge < -0.3 is 15.4 Å². The summed E-state index contributed by atoms with van der Waals surface area (Å²) in [6.45, 7) is 7.30. The van der Waals surface area contributed by atoms with Gasteiger partial charge in [0.1, 0.15) is 11.8 Å². The lowest BCUT2D eigenvalue weighted by Crippen LogP contribution is -2.49. The molecule has 1 aromatic rings. The summed E-state index contributed by atoms with van der Waals surface area (Å²) in [6.07, 6.45) is 2.28. The molecule has 1 rings (SSSR count). The van der Waals surface area contributed by atoms with Crippen LogP contribution >= 0.6 is 11.6 Å². The highest BCUT2D eigenvalue weighted by atomic mass is 35.5. The Morgan fingerprint density at radius 3 is 2.61 bits per heavy atom. The van der Waals surface area contributed by atoms with Gasteiger partial charge in [-0.2, -0.15) is 0 Å². The van der Waals surface area contributed by atoms with Crippen LogP contribution in [0.2, 0.25) is 5.02 Å². The van der Waals surface area contributed by atoms with Crippen LogP contribution in [0.1, 0.15) is 25.8 Å². The van der Waals surface area contributed by atoms with Crippen molar-refractivity contribution in [1.82, 2.24) is 10.6 Å². The fraction of sp³-hybridized carbons (Fsp3) is 0.412. The van der Waals surface area contributed by atoms with Crippen LogP contribution in [0, 0.1) is 0 Å². The molecule has 0 bridgehead atoms. The molecule has 1 aromatic carbocycles. The minimum atomic E-state index is -0.695. The summed E-state index contributed by atoms with van der Waals surface area (Å²) in [7, 11) is 1.54. The second-order valence-electron chi connectivity index (χ2n) is 5.26. The van der Waals surface area contributed by atoms with Crippen molar-refractivity contribution in [2.24, 2.45) is 0 Å². The fourth-order valence-electron chi connectivity index (χ4n) is 1.96. The number of carbonyl (C=O) groups is 2. The molecule has 2 amide bonds. The van der Waals surface area contributed by atoms with Crippen molar-refractivity contribution >= 4 is 23.4 Å². The Kier molecular flexibility index (Phi) is 7.62. The molecule has 0 aliphatic rings. The van der Waals surface area contributed by atoms with Gasteiger partial charge >= 0.3 is 0 Å². The quantitative estimate of drug-likeness (QED) is 0.715. The SMILES string of the molecule is C=CC(=O)N[C@H](Cc1ccc(OC)c(Cl)c1)C(=O)N[C@@H](C)CC. The van der Waals surface area contributed by atoms with Crippen LogP contribution in [0.5, 0.6) is 5.75 Å². The predicted molar refractivity (Wildman–Crippen MR) is 91.7 cm³/mol. The largest absolute Gasteiger partial charge is 0.495 e. The minimum Gasteiger partial charge on any atom is -0.495 e. The first-order chi connectivity index (χ1) is 10.9. The van der Waals surface area contributed by atoms with Crippen molar-refractivity contribution in [2.45, 2.75) is 38.8 Å². The lowest BCUT2D eigenvalue weighted by Gasteiger charge is -2.20. The van der Waals surface area contributed by atoms with Crippen molar-refractivity contribution in [1.29, 1.82) is 0 Å². The van der Waals surface area contributed by atoms with Gasteiger partial charge in [0.25, 0.3) is 0 Å². The molecule has 0 heterocycles. The van der Waals surface area contributed by atoms with Gasteiger partial charge in [0.2, 0.25) is 11.8 Å². The zero-order valence-corrected chi connectivity index (χ0v) is 14.4. The van der Waals surface area contributed by atoms with Crippen LogP contribution in [0.3, 0.4) is 0 Å². The normalized spacial score (nSPS) is 12.9. The van der Waals surface area contributed by atoms with Crippen molar-refractivity contribution in [2.75, 3.05) is 7.11 Å². The Hall–Kier alpha value is -2.01. The maximum Gasteiger partial charge on any atom is 0.244 e. The standard InChI is InChI=1S/C17H23ClN2O3/c1-5-11(3)19-17(22)14(20-16(21)6-2)10-12-7-8-15(23-4)13(18)9-12/h6-9,11,14H,2,5,10H2,1,3-4H3,(H,19,22)(H,20,21)/t11-,14+/m0/s1. The van der Waals surface area contributed by atoms with E-state index in [0.717, 1.165) is 18.1 Å². The molecule has 126 valence electrons. The highest BCUT2D eigenvalue weighted by Crippen LogP contribution is 2.25. The molecule has 6 heteroatoms. The number of benzene rings is 1. The zero-order chi connectivity index (χ0) is 17.4. The smallest absolute Gasteiger partial charge is 0.244 e. The van der Waals surface area contributed by atoms with Gasteiger partial charge in [-0.3, -0.25) is 9.59 Å². The summed E-state index contributed by atoms with van der Waals surface area (Å²) in [4.78, 5) is 23.9. The molecule has 0 saturated heterocycles. The van der Waals surface area contributed by atoms with E-state index in [4.69, 9.17) is 16.3 Å². The topological polar surface area (TPSA) is 67.4 Å². The molecular formula is C17H23ClN2O3. The van der Waals surface area contributed by atoms with E-state index < -0.39 is 11.9 Å². The zero-order valence-electron chi connectivity index (χ0n) is 13.7. The number of nitrogens with one attached hydrogen (secondary N) is 2. The highest BCUT2D eigenvalue weighted by molar-refractivity contribution is 6.32. The van der Waals surface area contributed by atoms with Crippen LogP contribution < -0.4 is 15.4 Å². The van der Waals surface area contributed by atoms with Gasteiger partial charge in [-0.1, -0.05) is 31.2 Å². The van der Waals surface area contributed by atoms with E-state index >= 15 is 0 Å². The number of hydrogen-bond donors (Lipinski definition) is 2. The van der Waals surface area contributed by atoms with E-state index in [1.54, 1.807) is 12.1 Å². The second kappa shape index (κ2) is 9.20. The first-order valence-electron chi connectivity index (χ1n) is 7.47. The van der Waals surface area contributed by atoms with E-state index in [1.807, 2.05) is 19.9 Å². The molecule has 0 radical (unpaired) electrons. The van der Waals surface area contributed by atoms with Gasteiger partial charge in [0, 0.05) is 12.5 Å². The summed E-state index contributed by atoms with van der Waals surface area (Å²) in [5, 5.41) is 5.98. The van der Waals surface area contributed by atoms with Crippen molar-refractivity contribution in [3.8, 4) is 5.75 Å². The van der Waals surface area contributed by atoms with Crippen LogP contribution in [0.15, 0.2) is 30.9 Å². The summed E-state index contributed by atoms with van der Waals surface area (Å²) in [5.74, 6) is -0.0680. The first-order valence-corrected chi connectivity index (χ1v) is 7.84. The van der Waals surface area contributed by atoms with Crippen LogP contribution in [-0.2, 0) is 16.0 Å². The molecular weight excluding hydrogens is 316 g/mol. The molecule has 0 fully saturated rings. The van der Waals surface area contributed by atoms with E-state index in [2.05, 4.69) is 17.2 Å². The number of rotatable bonds is 8. The molecule has 2 atom stereocenters. The number of hydrogen-bond acceptors (Lipinski definition) is 3. The van der Waals surface area contributed by atoms with Crippen molar-refractivity contribution in [3.63, 3.8) is 0 Å². The Bertz CT molecular complexity index is 575. The minimum absolute atomic E-state index is 0.0325. The summed E-state index contributed by atoms with van der Waals surface area (Å²) < 4.78 is 5.11. The molecule has 2 N–H and O–H groups in total. The van der Waals surface area contributed by atoms with Gasteiger partial charge in [0.15, 0.2) is 0 Å². The molecule has 0 unspecified atom stereocenters. The lowest BCUT2D eigenvalue weighted by atomic mass is 10.0. The Labute approximate surface area is 142 Å². The Morgan fingerprint density at radius 2 is 2.09 bits per heavy atom. The van der Waals surface area contributed by atoms with E-state index in [9.17, 15) is 9.59 Å². The third-order valence-electron chi connectivity index (χ3n) is 3.48. The number of amides is 2. The van der Waals surface area contributed by atoms with E-state index in [1.165, 1.54) is 7.11 Å². The molecule has 0 aliphatic carbocycles. The molecule has 0 aliphatic heterocycles. The van der Waals surface area contributed by atoms with E-state index in [0.29, 0.717) is 17.2 Å². The van der Waals surface area contributed by atoms with Crippen LogP contribution in [0.25, 0.3) is 0 Å². The van der Waals surface area contributed by atoms with Crippen molar-refractivity contribution < 1.29 is 14.3 Å². The summed E-state index contributed by atoms with van der Waals surface area (Å²) in [6, 6.07) is 4.61. The van der Waals surface area contributed by atoms with Crippen LogP contribution in [-0.4, -0.2) is 31.0 Å². The summed E-state index contributed by atoms with van der Waals surface area (Å²) in [5.41, 5.74) is 0.824. The Balaban J connectivity index is 2.91. The molecule has 5 nitrogen and oxygen atoms in total. The second-order valence-corrected chi connectivity index (χ2v) is 5.66. The first kappa shape index (κ1) is 19.0. The van der Waals surface area contributed by atoms with Gasteiger partial charge in [-0.05, 0) is 37.1 Å². The molecule has 0 spiro atoms. The molecule has 0 aromatic heterocycles. The number of ether oxygens (including phenoxy) is 1. The van der Waals surface area contributed by atoms with Crippen LogP contribution in [0.4, 0.5) is 0 Å². The van der Waals surface area contributed by atoms with E-state index in [-0.39, 0.29) is 11.9 Å². The fourth-order valence-corrected chi connectivity index (χ4v) is 2.24. The van der Waals surface area contributed by atoms with Gasteiger partial charge in [-0.15, -0.1) is 0 Å². The average molecular weight is 339 g/mol. The van der Waals surface area contributed by atoms with Gasteiger partial charge in [-0.25, -0.2) is 0 Å². The monoisotopic (exact) mass is 338 g/mol. The maximum absolute atomic E-state index is 12.4. The molecule has 0 saturated carbocycles. The highest BCUT2D eigenvalue weighted by Gasteiger charge is 2.21. The van der Waals surface area contributed by atoms with Gasteiger partial charge in [0.05, 0.1) is 12.1 Å². The summed E-state index contributed by atoms with van der Waals surface area (Å²) >= 11 is 6.10. The predicted octanol–water partition coefficient (Wildman–Crippen LogP) is 2.48. The maximum atomic E-state index is 12.4. The molecule has 23 heavy (non-hydrogen) atoms. The third kappa shape index (κ3) is 5.94. The number of methoxy groups -OCH3 is 1. The number of halogens is 1. The average Bonchev–Trinajstić information content (AvgIpc) is 2.53. The third-order valence-corrected chi connectivity index (χ3v) is 3.77. The van der Waals surface area contributed by atoms with Crippen molar-refractivity contribution in [3.05, 3.63) is 41.4 Å². The Morgan fingerprint density at radius 1 is 1.39 bits per heavy atom. The number of carbonyl (C=O) groups excluding carboxylic acids is 2.